The molecular weight excluding hydrogens is 444 g/mol. The number of anilines is 1. The van der Waals surface area contributed by atoms with E-state index in [1.165, 1.54) is 18.7 Å². The Kier molecular flexibility index (Phi) is 5.97. The molecule has 6 heteroatoms. The maximum Gasteiger partial charge on any atom is 0.271 e. The monoisotopic (exact) mass is 464 g/mol. The number of furan rings is 1. The minimum Gasteiger partial charge on any atom is -0.457 e. The first-order valence-electron chi connectivity index (χ1n) is 10.7. The maximum absolute atomic E-state index is 13.4. The van der Waals surface area contributed by atoms with Crippen molar-refractivity contribution in [1.29, 1.82) is 0 Å². The fourth-order valence-electron chi connectivity index (χ4n) is 3.55. The zero-order chi connectivity index (χ0) is 23.5. The molecule has 0 radical (unpaired) electrons. The predicted octanol–water partition coefficient (Wildman–Crippen LogP) is 6.96. The van der Waals surface area contributed by atoms with Crippen LogP contribution in [0, 0.1) is 0 Å². The first-order valence-corrected chi connectivity index (χ1v) is 11.5. The molecule has 0 N–H and O–H groups in total. The molecule has 0 atom stereocenters. The third kappa shape index (κ3) is 4.49. The summed E-state index contributed by atoms with van der Waals surface area (Å²) in [5.74, 6) is 1.09. The average Bonchev–Trinajstić information content (AvgIpc) is 3.45. The van der Waals surface area contributed by atoms with E-state index in [9.17, 15) is 9.59 Å². The normalized spacial score (nSPS) is 15.9. The molecule has 0 spiro atoms. The van der Waals surface area contributed by atoms with Crippen molar-refractivity contribution in [2.45, 2.75) is 6.92 Å². The summed E-state index contributed by atoms with van der Waals surface area (Å²) in [5.41, 5.74) is 3.03. The Balaban J connectivity index is 1.47. The summed E-state index contributed by atoms with van der Waals surface area (Å²) in [6.45, 7) is 1.54. The molecule has 0 bridgehead atoms. The third-order valence-corrected chi connectivity index (χ3v) is 6.25. The number of carbonyl (C=O) groups is 2. The van der Waals surface area contributed by atoms with E-state index in [0.29, 0.717) is 27.2 Å². The van der Waals surface area contributed by atoms with Crippen molar-refractivity contribution in [3.63, 3.8) is 0 Å². The highest BCUT2D eigenvalue weighted by atomic mass is 32.2. The van der Waals surface area contributed by atoms with E-state index in [-0.39, 0.29) is 11.7 Å². The molecule has 1 amide bonds. The minimum absolute atomic E-state index is 0.0177. The van der Waals surface area contributed by atoms with E-state index in [4.69, 9.17) is 9.41 Å². The SMILES string of the molecule is CC(=O)c1ccc(-c2ccc(/C=C3/S/C(=N\c4ccccc4)N(c4ccccc4)C3=O)o2)cc1. The minimum atomic E-state index is -0.158. The zero-order valence-electron chi connectivity index (χ0n) is 18.3. The van der Waals surface area contributed by atoms with E-state index < -0.39 is 0 Å². The second-order valence-corrected chi connectivity index (χ2v) is 8.66. The largest absolute Gasteiger partial charge is 0.457 e. The van der Waals surface area contributed by atoms with Gasteiger partial charge in [0.05, 0.1) is 16.3 Å². The Morgan fingerprint density at radius 1 is 0.882 bits per heavy atom. The van der Waals surface area contributed by atoms with Crippen LogP contribution in [-0.4, -0.2) is 16.9 Å². The van der Waals surface area contributed by atoms with Crippen molar-refractivity contribution < 1.29 is 14.0 Å². The van der Waals surface area contributed by atoms with Crippen LogP contribution in [0.3, 0.4) is 0 Å². The number of hydrogen-bond donors (Lipinski definition) is 0. The Bertz CT molecular complexity index is 1410. The summed E-state index contributed by atoms with van der Waals surface area (Å²) in [5, 5.41) is 0.584. The van der Waals surface area contributed by atoms with Crippen LogP contribution in [-0.2, 0) is 4.79 Å². The Morgan fingerprint density at radius 2 is 1.56 bits per heavy atom. The van der Waals surface area contributed by atoms with Crippen LogP contribution < -0.4 is 4.90 Å². The number of para-hydroxylation sites is 2. The van der Waals surface area contributed by atoms with Crippen LogP contribution in [0.1, 0.15) is 23.0 Å². The van der Waals surface area contributed by atoms with Crippen molar-refractivity contribution in [3.8, 4) is 11.3 Å². The van der Waals surface area contributed by atoms with E-state index in [1.54, 1.807) is 23.1 Å². The summed E-state index contributed by atoms with van der Waals surface area (Å²) in [7, 11) is 0. The molecule has 5 nitrogen and oxygen atoms in total. The number of thioether (sulfide) groups is 1. The molecule has 5 rings (SSSR count). The quantitative estimate of drug-likeness (QED) is 0.237. The van der Waals surface area contributed by atoms with Crippen molar-refractivity contribution in [2.75, 3.05) is 4.90 Å². The number of aliphatic imine (C=N–C) groups is 1. The summed E-state index contributed by atoms with van der Waals surface area (Å²) < 4.78 is 5.99. The smallest absolute Gasteiger partial charge is 0.271 e. The average molecular weight is 465 g/mol. The molecule has 1 aromatic heterocycles. The van der Waals surface area contributed by atoms with Crippen molar-refractivity contribution in [1.82, 2.24) is 0 Å². The summed E-state index contributed by atoms with van der Waals surface area (Å²) >= 11 is 1.31. The van der Waals surface area contributed by atoms with Gasteiger partial charge in [0.1, 0.15) is 11.5 Å². The zero-order valence-corrected chi connectivity index (χ0v) is 19.2. The van der Waals surface area contributed by atoms with Gasteiger partial charge in [-0.3, -0.25) is 14.5 Å². The molecule has 3 aromatic carbocycles. The lowest BCUT2D eigenvalue weighted by Gasteiger charge is -2.15. The van der Waals surface area contributed by atoms with Gasteiger partial charge in [-0.05, 0) is 55.1 Å². The maximum atomic E-state index is 13.4. The molecule has 1 aliphatic rings. The topological polar surface area (TPSA) is 62.9 Å². The van der Waals surface area contributed by atoms with Gasteiger partial charge in [0.2, 0.25) is 0 Å². The van der Waals surface area contributed by atoms with Crippen LogP contribution in [0.2, 0.25) is 0 Å². The third-order valence-electron chi connectivity index (χ3n) is 5.28. The number of rotatable bonds is 5. The number of benzene rings is 3. The highest BCUT2D eigenvalue weighted by Crippen LogP contribution is 2.37. The Hall–Kier alpha value is -4.16. The number of nitrogens with zero attached hydrogens (tertiary/aromatic N) is 2. The summed E-state index contributed by atoms with van der Waals surface area (Å²) in [6, 6.07) is 30.0. The van der Waals surface area contributed by atoms with Gasteiger partial charge in [0, 0.05) is 17.2 Å². The molecular formula is C28H20N2O3S. The van der Waals surface area contributed by atoms with Gasteiger partial charge in [0.25, 0.3) is 5.91 Å². The molecule has 166 valence electrons. The van der Waals surface area contributed by atoms with Gasteiger partial charge >= 0.3 is 0 Å². The molecule has 1 saturated heterocycles. The Labute approximate surface area is 201 Å². The molecule has 4 aromatic rings. The molecule has 1 fully saturated rings. The fourth-order valence-corrected chi connectivity index (χ4v) is 4.53. The molecule has 0 unspecified atom stereocenters. The molecule has 0 aliphatic carbocycles. The lowest BCUT2D eigenvalue weighted by atomic mass is 10.1. The van der Waals surface area contributed by atoms with Gasteiger partial charge in [-0.25, -0.2) is 4.99 Å². The standard InChI is InChI=1S/C28H20N2O3S/c1-19(31)20-12-14-21(15-13-20)25-17-16-24(33-25)18-26-27(32)30(23-10-6-3-7-11-23)28(34-26)29-22-8-4-2-5-9-22/h2-18H,1H3/b26-18+,29-28-. The Morgan fingerprint density at radius 3 is 2.24 bits per heavy atom. The van der Waals surface area contributed by atoms with Crippen molar-refractivity contribution >= 4 is 46.1 Å². The van der Waals surface area contributed by atoms with Gasteiger partial charge in [-0.15, -0.1) is 0 Å². The van der Waals surface area contributed by atoms with Gasteiger partial charge in [-0.1, -0.05) is 60.7 Å². The van der Waals surface area contributed by atoms with E-state index in [0.717, 1.165) is 16.9 Å². The van der Waals surface area contributed by atoms with Gasteiger partial charge in [0.15, 0.2) is 11.0 Å². The molecule has 0 saturated carbocycles. The number of carbonyl (C=O) groups excluding carboxylic acids is 2. The number of ketones is 1. The molecule has 34 heavy (non-hydrogen) atoms. The summed E-state index contributed by atoms with van der Waals surface area (Å²) in [4.78, 5) is 31.7. The van der Waals surface area contributed by atoms with E-state index >= 15 is 0 Å². The second kappa shape index (κ2) is 9.37. The second-order valence-electron chi connectivity index (χ2n) is 7.65. The van der Waals surface area contributed by atoms with Crippen LogP contribution in [0.15, 0.2) is 111 Å². The molecule has 1 aliphatic heterocycles. The van der Waals surface area contributed by atoms with Crippen molar-refractivity contribution in [3.05, 3.63) is 113 Å². The highest BCUT2D eigenvalue weighted by Gasteiger charge is 2.35. The van der Waals surface area contributed by atoms with E-state index in [2.05, 4.69) is 0 Å². The lowest BCUT2D eigenvalue weighted by molar-refractivity contribution is -0.113. The highest BCUT2D eigenvalue weighted by molar-refractivity contribution is 8.19. The van der Waals surface area contributed by atoms with Crippen molar-refractivity contribution in [2.24, 2.45) is 4.99 Å². The molecule has 2 heterocycles. The number of amides is 1. The van der Waals surface area contributed by atoms with Gasteiger partial charge in [-0.2, -0.15) is 0 Å². The fraction of sp³-hybridized carbons (Fsp3) is 0.0357. The number of Topliss-reactive ketones (excluding diaryl/α,β-unsaturated/α-hetero) is 1. The first-order chi connectivity index (χ1) is 16.6. The van der Waals surface area contributed by atoms with E-state index in [1.807, 2.05) is 84.9 Å². The van der Waals surface area contributed by atoms with Gasteiger partial charge < -0.3 is 4.42 Å². The first kappa shape index (κ1) is 21.7. The van der Waals surface area contributed by atoms with Crippen LogP contribution >= 0.6 is 11.8 Å². The summed E-state index contributed by atoms with van der Waals surface area (Å²) in [6.07, 6.45) is 1.74. The van der Waals surface area contributed by atoms with Crippen LogP contribution in [0.25, 0.3) is 17.4 Å². The predicted molar refractivity (Wildman–Crippen MR) is 137 cm³/mol. The van der Waals surface area contributed by atoms with Crippen LogP contribution in [0.5, 0.6) is 0 Å². The number of amidine groups is 1. The number of hydrogen-bond acceptors (Lipinski definition) is 5. The van der Waals surface area contributed by atoms with Crippen LogP contribution in [0.4, 0.5) is 11.4 Å². The lowest BCUT2D eigenvalue weighted by Crippen LogP contribution is -2.28.